The number of carbonyl (C=O) groups excluding carboxylic acids is 1. The Morgan fingerprint density at radius 1 is 1.23 bits per heavy atom. The maximum atomic E-state index is 12.6. The van der Waals surface area contributed by atoms with E-state index in [1.54, 1.807) is 12.1 Å². The van der Waals surface area contributed by atoms with E-state index >= 15 is 0 Å². The molecule has 10 heteroatoms. The third-order valence-electron chi connectivity index (χ3n) is 4.86. The van der Waals surface area contributed by atoms with Gasteiger partial charge in [-0.3, -0.25) is 4.79 Å². The first-order valence-corrected chi connectivity index (χ1v) is 9.83. The van der Waals surface area contributed by atoms with Crippen LogP contribution in [0.15, 0.2) is 33.7 Å². The lowest BCUT2D eigenvalue weighted by Crippen LogP contribution is -2.49. The third kappa shape index (κ3) is 2.89. The minimum absolute atomic E-state index is 0.116. The molecule has 9 nitrogen and oxygen atoms in total. The van der Waals surface area contributed by atoms with E-state index in [1.807, 2.05) is 0 Å². The second-order valence-corrected chi connectivity index (χ2v) is 8.58. The average Bonchev–Trinajstić information content (AvgIpc) is 3.10. The maximum absolute atomic E-state index is 12.6. The van der Waals surface area contributed by atoms with E-state index in [9.17, 15) is 13.2 Å². The summed E-state index contributed by atoms with van der Waals surface area (Å²) < 4.78 is 31.7. The normalized spacial score (nSPS) is 20.4. The molecule has 2 heterocycles. The highest BCUT2D eigenvalue weighted by Crippen LogP contribution is 2.37. The number of aromatic nitrogens is 2. The van der Waals surface area contributed by atoms with Crippen molar-refractivity contribution in [2.45, 2.75) is 29.7 Å². The molecule has 1 aliphatic carbocycles. The highest BCUT2D eigenvalue weighted by Gasteiger charge is 2.39. The third-order valence-corrected chi connectivity index (χ3v) is 6.72. The van der Waals surface area contributed by atoms with E-state index in [0.717, 1.165) is 19.3 Å². The molecule has 1 aromatic carbocycles. The standard InChI is InChI=1S/C16H19N5O4S/c17-16(6-1-7-16)15-19-14(25-20-15)11-2-4-12(5-3-11)26(23,24)21-9-8-18-13(22)10-21/h2-5H,1,6-10,17H2,(H,18,22). The highest BCUT2D eigenvalue weighted by atomic mass is 32.2. The van der Waals surface area contributed by atoms with Crippen molar-refractivity contribution < 1.29 is 17.7 Å². The molecule has 1 saturated carbocycles. The molecule has 3 N–H and O–H groups in total. The van der Waals surface area contributed by atoms with E-state index in [1.165, 1.54) is 16.4 Å². The van der Waals surface area contributed by atoms with Crippen LogP contribution in [-0.2, 0) is 20.4 Å². The summed E-state index contributed by atoms with van der Waals surface area (Å²) in [6, 6.07) is 6.17. The number of benzene rings is 1. The Morgan fingerprint density at radius 3 is 2.58 bits per heavy atom. The molecular weight excluding hydrogens is 358 g/mol. The van der Waals surface area contributed by atoms with Crippen LogP contribution in [0.3, 0.4) is 0 Å². The lowest BCUT2D eigenvalue weighted by atomic mass is 9.77. The van der Waals surface area contributed by atoms with Crippen LogP contribution in [-0.4, -0.2) is 48.4 Å². The fourth-order valence-electron chi connectivity index (χ4n) is 3.06. The molecule has 1 amide bonds. The van der Waals surface area contributed by atoms with Crippen LogP contribution < -0.4 is 11.1 Å². The zero-order valence-electron chi connectivity index (χ0n) is 14.0. The number of rotatable bonds is 4. The first-order valence-electron chi connectivity index (χ1n) is 8.39. The summed E-state index contributed by atoms with van der Waals surface area (Å²) in [6.07, 6.45) is 2.70. The SMILES string of the molecule is NC1(c2noc(-c3ccc(S(=O)(=O)N4CCNC(=O)C4)cc3)n2)CCC1. The summed E-state index contributed by atoms with van der Waals surface area (Å²) in [6.45, 7) is 0.388. The number of sulfonamides is 1. The number of piperazine rings is 1. The lowest BCUT2D eigenvalue weighted by Gasteiger charge is -2.34. The van der Waals surface area contributed by atoms with Crippen molar-refractivity contribution in [2.75, 3.05) is 19.6 Å². The monoisotopic (exact) mass is 377 g/mol. The van der Waals surface area contributed by atoms with Crippen LogP contribution in [0.1, 0.15) is 25.1 Å². The first-order chi connectivity index (χ1) is 12.4. The number of hydrogen-bond donors (Lipinski definition) is 2. The van der Waals surface area contributed by atoms with Gasteiger partial charge in [0, 0.05) is 18.7 Å². The van der Waals surface area contributed by atoms with Gasteiger partial charge in [0.2, 0.25) is 15.9 Å². The first kappa shape index (κ1) is 17.1. The van der Waals surface area contributed by atoms with Crippen molar-refractivity contribution in [2.24, 2.45) is 5.73 Å². The predicted octanol–water partition coefficient (Wildman–Crippen LogP) is 0.195. The van der Waals surface area contributed by atoms with Gasteiger partial charge in [-0.1, -0.05) is 5.16 Å². The Balaban J connectivity index is 1.56. The summed E-state index contributed by atoms with van der Waals surface area (Å²) in [7, 11) is -3.72. The molecule has 0 bridgehead atoms. The molecule has 0 spiro atoms. The Morgan fingerprint density at radius 2 is 1.96 bits per heavy atom. The molecule has 138 valence electrons. The van der Waals surface area contributed by atoms with E-state index in [0.29, 0.717) is 23.8 Å². The Bertz CT molecular complexity index is 934. The Kier molecular flexibility index (Phi) is 4.05. The van der Waals surface area contributed by atoms with Gasteiger partial charge >= 0.3 is 0 Å². The summed E-state index contributed by atoms with van der Waals surface area (Å²) in [5.41, 5.74) is 6.29. The number of nitrogens with two attached hydrogens (primary N) is 1. The quantitative estimate of drug-likeness (QED) is 0.778. The number of amides is 1. The molecular formula is C16H19N5O4S. The second-order valence-electron chi connectivity index (χ2n) is 6.65. The molecule has 2 aromatic rings. The zero-order chi connectivity index (χ0) is 18.4. The fourth-order valence-corrected chi connectivity index (χ4v) is 4.46. The molecule has 1 aliphatic heterocycles. The lowest BCUT2D eigenvalue weighted by molar-refractivity contribution is -0.122. The van der Waals surface area contributed by atoms with Gasteiger partial charge in [0.25, 0.3) is 5.89 Å². The van der Waals surface area contributed by atoms with Crippen LogP contribution in [0.4, 0.5) is 0 Å². The van der Waals surface area contributed by atoms with Gasteiger partial charge < -0.3 is 15.6 Å². The van der Waals surface area contributed by atoms with Gasteiger partial charge in [-0.2, -0.15) is 9.29 Å². The topological polar surface area (TPSA) is 131 Å². The van der Waals surface area contributed by atoms with Crippen LogP contribution in [0, 0.1) is 0 Å². The van der Waals surface area contributed by atoms with Gasteiger partial charge in [0.15, 0.2) is 5.82 Å². The van der Waals surface area contributed by atoms with Crippen molar-refractivity contribution in [3.63, 3.8) is 0 Å². The largest absolute Gasteiger partial charge is 0.354 e. The van der Waals surface area contributed by atoms with E-state index in [-0.39, 0.29) is 23.9 Å². The summed E-state index contributed by atoms with van der Waals surface area (Å²) >= 11 is 0. The summed E-state index contributed by atoms with van der Waals surface area (Å²) in [4.78, 5) is 15.9. The second kappa shape index (κ2) is 6.15. The molecule has 0 radical (unpaired) electrons. The number of carbonyl (C=O) groups is 1. The minimum Gasteiger partial charge on any atom is -0.354 e. The van der Waals surface area contributed by atoms with Gasteiger partial charge in [-0.05, 0) is 43.5 Å². The molecule has 2 aliphatic rings. The van der Waals surface area contributed by atoms with Crippen LogP contribution >= 0.6 is 0 Å². The van der Waals surface area contributed by atoms with Gasteiger partial charge in [-0.25, -0.2) is 8.42 Å². The van der Waals surface area contributed by atoms with Crippen molar-refractivity contribution >= 4 is 15.9 Å². The maximum Gasteiger partial charge on any atom is 0.257 e. The van der Waals surface area contributed by atoms with Crippen LogP contribution in [0.25, 0.3) is 11.5 Å². The zero-order valence-corrected chi connectivity index (χ0v) is 14.8. The predicted molar refractivity (Wildman–Crippen MR) is 91.2 cm³/mol. The molecule has 1 aromatic heterocycles. The van der Waals surface area contributed by atoms with Crippen molar-refractivity contribution in [1.29, 1.82) is 0 Å². The number of hydrogen-bond acceptors (Lipinski definition) is 7. The van der Waals surface area contributed by atoms with Gasteiger partial charge in [0.1, 0.15) is 0 Å². The molecule has 26 heavy (non-hydrogen) atoms. The van der Waals surface area contributed by atoms with E-state index in [4.69, 9.17) is 10.3 Å². The fraction of sp³-hybridized carbons (Fsp3) is 0.438. The average molecular weight is 377 g/mol. The number of nitrogens with one attached hydrogen (secondary N) is 1. The molecule has 0 atom stereocenters. The van der Waals surface area contributed by atoms with Crippen LogP contribution in [0.5, 0.6) is 0 Å². The summed E-state index contributed by atoms with van der Waals surface area (Å²) in [5.74, 6) is 0.481. The minimum atomic E-state index is -3.72. The Hall–Kier alpha value is -2.30. The van der Waals surface area contributed by atoms with Crippen molar-refractivity contribution in [3.05, 3.63) is 30.1 Å². The Labute approximate surface area is 150 Å². The van der Waals surface area contributed by atoms with Crippen LogP contribution in [0.2, 0.25) is 0 Å². The van der Waals surface area contributed by atoms with Crippen molar-refractivity contribution in [3.8, 4) is 11.5 Å². The molecule has 2 fully saturated rings. The van der Waals surface area contributed by atoms with Gasteiger partial charge in [-0.15, -0.1) is 0 Å². The highest BCUT2D eigenvalue weighted by molar-refractivity contribution is 7.89. The van der Waals surface area contributed by atoms with E-state index in [2.05, 4.69) is 15.5 Å². The summed E-state index contributed by atoms with van der Waals surface area (Å²) in [5, 5.41) is 6.56. The molecule has 4 rings (SSSR count). The molecule has 0 unspecified atom stereocenters. The smallest absolute Gasteiger partial charge is 0.257 e. The molecule has 1 saturated heterocycles. The van der Waals surface area contributed by atoms with Crippen molar-refractivity contribution in [1.82, 2.24) is 19.8 Å². The van der Waals surface area contributed by atoms with E-state index < -0.39 is 15.6 Å². The van der Waals surface area contributed by atoms with Gasteiger partial charge in [0.05, 0.1) is 17.0 Å². The number of nitrogens with zero attached hydrogens (tertiary/aromatic N) is 3.